The molecule has 3 aromatic rings. The highest BCUT2D eigenvalue weighted by Crippen LogP contribution is 2.32. The van der Waals surface area contributed by atoms with E-state index in [9.17, 15) is 0 Å². The molecule has 0 saturated heterocycles. The summed E-state index contributed by atoms with van der Waals surface area (Å²) < 4.78 is 10.7. The number of imidazole rings is 1. The molecule has 4 nitrogen and oxygen atoms in total. The minimum absolute atomic E-state index is 0.592. The van der Waals surface area contributed by atoms with Crippen molar-refractivity contribution in [1.29, 1.82) is 0 Å². The van der Waals surface area contributed by atoms with Crippen LogP contribution in [0.2, 0.25) is 10.0 Å². The largest absolute Gasteiger partial charge is 0.497 e. The lowest BCUT2D eigenvalue weighted by molar-refractivity contribution is 0.395. The van der Waals surface area contributed by atoms with Crippen molar-refractivity contribution in [3.05, 3.63) is 64.0 Å². The van der Waals surface area contributed by atoms with E-state index in [2.05, 4.69) is 9.97 Å². The van der Waals surface area contributed by atoms with Gasteiger partial charge in [0.15, 0.2) is 0 Å². The number of aromatic nitrogens is 2. The monoisotopic (exact) mass is 362 g/mol. The van der Waals surface area contributed by atoms with Crippen LogP contribution in [-0.2, 0) is 6.42 Å². The Bertz CT molecular complexity index is 862. The summed E-state index contributed by atoms with van der Waals surface area (Å²) in [6.45, 7) is 0. The van der Waals surface area contributed by atoms with Crippen LogP contribution < -0.4 is 9.47 Å². The van der Waals surface area contributed by atoms with Gasteiger partial charge < -0.3 is 14.5 Å². The first-order valence-corrected chi connectivity index (χ1v) is 8.06. The molecule has 0 aliphatic rings. The fourth-order valence-electron chi connectivity index (χ4n) is 2.46. The molecule has 6 heteroatoms. The molecule has 0 radical (unpaired) electrons. The van der Waals surface area contributed by atoms with Crippen LogP contribution >= 0.6 is 23.2 Å². The summed E-state index contributed by atoms with van der Waals surface area (Å²) in [6, 6.07) is 11.1. The van der Waals surface area contributed by atoms with E-state index in [-0.39, 0.29) is 0 Å². The van der Waals surface area contributed by atoms with Crippen LogP contribution in [0.25, 0.3) is 11.3 Å². The molecule has 1 N–H and O–H groups in total. The third-order valence-corrected chi connectivity index (χ3v) is 4.29. The van der Waals surface area contributed by atoms with E-state index in [1.807, 2.05) is 30.3 Å². The van der Waals surface area contributed by atoms with Crippen LogP contribution in [0.4, 0.5) is 0 Å². The first kappa shape index (κ1) is 16.7. The van der Waals surface area contributed by atoms with Crippen LogP contribution in [-0.4, -0.2) is 24.2 Å². The normalized spacial score (nSPS) is 10.7. The van der Waals surface area contributed by atoms with Gasteiger partial charge in [0.2, 0.25) is 0 Å². The number of hydrogen-bond donors (Lipinski definition) is 1. The molecule has 0 aliphatic heterocycles. The van der Waals surface area contributed by atoms with Gasteiger partial charge in [-0.15, -0.1) is 0 Å². The lowest BCUT2D eigenvalue weighted by atomic mass is 10.1. The Morgan fingerprint density at radius 1 is 1.04 bits per heavy atom. The molecule has 2 aromatic carbocycles. The SMILES string of the molecule is COc1ccc(-c2cnc(Cc3ccc(Cl)cc3Cl)[nH]2)c(OC)c1. The number of H-pyrrole nitrogens is 1. The first-order valence-electron chi connectivity index (χ1n) is 7.31. The fraction of sp³-hybridized carbons (Fsp3) is 0.167. The van der Waals surface area contributed by atoms with Crippen molar-refractivity contribution in [2.75, 3.05) is 14.2 Å². The maximum absolute atomic E-state index is 6.22. The number of hydrogen-bond acceptors (Lipinski definition) is 3. The highest BCUT2D eigenvalue weighted by Gasteiger charge is 2.11. The Morgan fingerprint density at radius 3 is 2.58 bits per heavy atom. The molecular formula is C18H16Cl2N2O2. The molecule has 0 bridgehead atoms. The minimum atomic E-state index is 0.592. The molecule has 0 fully saturated rings. The predicted octanol–water partition coefficient (Wildman–Crippen LogP) is 4.99. The summed E-state index contributed by atoms with van der Waals surface area (Å²) >= 11 is 12.2. The van der Waals surface area contributed by atoms with Crippen LogP contribution in [0.5, 0.6) is 11.5 Å². The third-order valence-electron chi connectivity index (χ3n) is 3.70. The lowest BCUT2D eigenvalue weighted by Crippen LogP contribution is -1.93. The summed E-state index contributed by atoms with van der Waals surface area (Å²) in [5.74, 6) is 2.27. The standard InChI is InChI=1S/C18H16Cl2N2O2/c1-23-13-5-6-14(17(9-13)24-2)16-10-21-18(22-16)7-11-3-4-12(19)8-15(11)20/h3-6,8-10H,7H2,1-2H3,(H,21,22). The van der Waals surface area contributed by atoms with Crippen LogP contribution in [0.3, 0.4) is 0 Å². The van der Waals surface area contributed by atoms with Crippen LogP contribution in [0, 0.1) is 0 Å². The molecule has 3 rings (SSSR count). The first-order chi connectivity index (χ1) is 11.6. The maximum Gasteiger partial charge on any atom is 0.131 e. The fourth-order valence-corrected chi connectivity index (χ4v) is 2.93. The van der Waals surface area contributed by atoms with Gasteiger partial charge in [-0.2, -0.15) is 0 Å². The van der Waals surface area contributed by atoms with E-state index in [4.69, 9.17) is 32.7 Å². The number of nitrogens with zero attached hydrogens (tertiary/aromatic N) is 1. The smallest absolute Gasteiger partial charge is 0.131 e. The van der Waals surface area contributed by atoms with E-state index >= 15 is 0 Å². The quantitative estimate of drug-likeness (QED) is 0.695. The zero-order valence-electron chi connectivity index (χ0n) is 13.3. The van der Waals surface area contributed by atoms with E-state index in [1.165, 1.54) is 0 Å². The van der Waals surface area contributed by atoms with Crippen molar-refractivity contribution in [2.45, 2.75) is 6.42 Å². The molecule has 124 valence electrons. The highest BCUT2D eigenvalue weighted by molar-refractivity contribution is 6.35. The molecule has 1 aromatic heterocycles. The average Bonchev–Trinajstić information content (AvgIpc) is 3.05. The number of halogens is 2. The van der Waals surface area contributed by atoms with Crippen LogP contribution in [0.1, 0.15) is 11.4 Å². The molecule has 0 saturated carbocycles. The van der Waals surface area contributed by atoms with Gasteiger partial charge in [0.1, 0.15) is 17.3 Å². The van der Waals surface area contributed by atoms with Crippen molar-refractivity contribution in [1.82, 2.24) is 9.97 Å². The maximum atomic E-state index is 6.22. The summed E-state index contributed by atoms with van der Waals surface area (Å²) in [6.07, 6.45) is 2.37. The molecule has 0 aliphatic carbocycles. The van der Waals surface area contributed by atoms with Crippen molar-refractivity contribution >= 4 is 23.2 Å². The topological polar surface area (TPSA) is 47.1 Å². The number of ether oxygens (including phenoxy) is 2. The van der Waals surface area contributed by atoms with E-state index < -0.39 is 0 Å². The van der Waals surface area contributed by atoms with E-state index in [0.29, 0.717) is 22.2 Å². The number of aromatic amines is 1. The van der Waals surface area contributed by atoms with Crippen molar-refractivity contribution in [3.8, 4) is 22.8 Å². The zero-order valence-corrected chi connectivity index (χ0v) is 14.8. The highest BCUT2D eigenvalue weighted by atomic mass is 35.5. The van der Waals surface area contributed by atoms with Gasteiger partial charge in [-0.3, -0.25) is 0 Å². The lowest BCUT2D eigenvalue weighted by Gasteiger charge is -2.08. The summed E-state index contributed by atoms with van der Waals surface area (Å²) in [5, 5.41) is 1.24. The Kier molecular flexibility index (Phi) is 4.97. The van der Waals surface area contributed by atoms with Crippen molar-refractivity contribution < 1.29 is 9.47 Å². The van der Waals surface area contributed by atoms with Crippen molar-refractivity contribution in [2.24, 2.45) is 0 Å². The Balaban J connectivity index is 1.88. The number of methoxy groups -OCH3 is 2. The zero-order chi connectivity index (χ0) is 17.1. The Hall–Kier alpha value is -2.17. The number of rotatable bonds is 5. The molecular weight excluding hydrogens is 347 g/mol. The molecule has 0 amide bonds. The minimum Gasteiger partial charge on any atom is -0.497 e. The molecule has 0 atom stereocenters. The summed E-state index contributed by atoms with van der Waals surface area (Å²) in [7, 11) is 3.25. The number of benzene rings is 2. The average molecular weight is 363 g/mol. The second-order valence-electron chi connectivity index (χ2n) is 5.22. The predicted molar refractivity (Wildman–Crippen MR) is 96.4 cm³/mol. The third kappa shape index (κ3) is 3.50. The second-order valence-corrected chi connectivity index (χ2v) is 6.07. The van der Waals surface area contributed by atoms with Gasteiger partial charge in [0.05, 0.1) is 26.1 Å². The van der Waals surface area contributed by atoms with E-state index in [1.54, 1.807) is 26.5 Å². The molecule has 1 heterocycles. The van der Waals surface area contributed by atoms with Gasteiger partial charge >= 0.3 is 0 Å². The van der Waals surface area contributed by atoms with Gasteiger partial charge in [-0.25, -0.2) is 4.98 Å². The van der Waals surface area contributed by atoms with Gasteiger partial charge in [0.25, 0.3) is 0 Å². The van der Waals surface area contributed by atoms with Crippen LogP contribution in [0.15, 0.2) is 42.6 Å². The van der Waals surface area contributed by atoms with Gasteiger partial charge in [-0.1, -0.05) is 29.3 Å². The molecule has 24 heavy (non-hydrogen) atoms. The Morgan fingerprint density at radius 2 is 1.88 bits per heavy atom. The van der Waals surface area contributed by atoms with Gasteiger partial charge in [0, 0.05) is 28.1 Å². The van der Waals surface area contributed by atoms with E-state index in [0.717, 1.165) is 28.4 Å². The Labute approximate surface area is 150 Å². The van der Waals surface area contributed by atoms with Gasteiger partial charge in [-0.05, 0) is 29.8 Å². The van der Waals surface area contributed by atoms with Crippen molar-refractivity contribution in [3.63, 3.8) is 0 Å². The summed E-state index contributed by atoms with van der Waals surface area (Å²) in [5.41, 5.74) is 2.75. The molecule has 0 spiro atoms. The summed E-state index contributed by atoms with van der Waals surface area (Å²) in [4.78, 5) is 7.74. The molecule has 0 unspecified atom stereocenters. The number of nitrogens with one attached hydrogen (secondary N) is 1. The second kappa shape index (κ2) is 7.16.